The normalized spacial score (nSPS) is 18.0. The summed E-state index contributed by atoms with van der Waals surface area (Å²) in [5.74, 6) is 0. The number of nitrogens with zero attached hydrogens (tertiary/aromatic N) is 1. The van der Waals surface area contributed by atoms with E-state index in [1.165, 1.54) is 5.56 Å². The highest BCUT2D eigenvalue weighted by Gasteiger charge is 2.15. The summed E-state index contributed by atoms with van der Waals surface area (Å²) < 4.78 is 0. The molecular formula is C11H14N2. The molecule has 0 atom stereocenters. The van der Waals surface area contributed by atoms with Gasteiger partial charge in [-0.1, -0.05) is 30.3 Å². The third-order valence-electron chi connectivity index (χ3n) is 2.39. The molecule has 0 saturated carbocycles. The van der Waals surface area contributed by atoms with Crippen LogP contribution in [0.15, 0.2) is 30.3 Å². The molecule has 1 aliphatic rings. The number of hydrogen-bond acceptors (Lipinski definition) is 2. The van der Waals surface area contributed by atoms with Gasteiger partial charge in [0, 0.05) is 25.3 Å². The Morgan fingerprint density at radius 1 is 1.23 bits per heavy atom. The molecule has 13 heavy (non-hydrogen) atoms. The van der Waals surface area contributed by atoms with Crippen molar-refractivity contribution >= 4 is 5.71 Å². The van der Waals surface area contributed by atoms with E-state index in [0.29, 0.717) is 0 Å². The molecule has 0 bridgehead atoms. The molecule has 0 aromatic heterocycles. The Morgan fingerprint density at radius 3 is 2.62 bits per heavy atom. The van der Waals surface area contributed by atoms with Gasteiger partial charge in [0.2, 0.25) is 0 Å². The van der Waals surface area contributed by atoms with Crippen molar-refractivity contribution in [2.75, 3.05) is 13.1 Å². The standard InChI is InChI=1S/C11H14N2/c12-11-6-7-13(9-11)8-10-4-2-1-3-5-10/h1-5,12H,6-9H2. The SMILES string of the molecule is N=C1CCN(Cc2ccccc2)C1. The predicted molar refractivity (Wildman–Crippen MR) is 54.1 cm³/mol. The average molecular weight is 174 g/mol. The van der Waals surface area contributed by atoms with Crippen molar-refractivity contribution < 1.29 is 0 Å². The van der Waals surface area contributed by atoms with Gasteiger partial charge in [0.15, 0.2) is 0 Å². The van der Waals surface area contributed by atoms with Crippen molar-refractivity contribution in [3.05, 3.63) is 35.9 Å². The van der Waals surface area contributed by atoms with E-state index in [4.69, 9.17) is 5.41 Å². The molecule has 68 valence electrons. The molecule has 0 unspecified atom stereocenters. The summed E-state index contributed by atoms with van der Waals surface area (Å²) in [6.45, 7) is 2.89. The van der Waals surface area contributed by atoms with Crippen molar-refractivity contribution in [2.45, 2.75) is 13.0 Å². The van der Waals surface area contributed by atoms with E-state index in [-0.39, 0.29) is 0 Å². The summed E-state index contributed by atoms with van der Waals surface area (Å²) in [5.41, 5.74) is 2.22. The molecular weight excluding hydrogens is 160 g/mol. The maximum atomic E-state index is 7.50. The van der Waals surface area contributed by atoms with E-state index in [1.54, 1.807) is 0 Å². The van der Waals surface area contributed by atoms with E-state index in [1.807, 2.05) is 6.07 Å². The number of nitrogens with one attached hydrogen (secondary N) is 1. The van der Waals surface area contributed by atoms with Crippen LogP contribution >= 0.6 is 0 Å². The molecule has 1 fully saturated rings. The maximum absolute atomic E-state index is 7.50. The Bertz CT molecular complexity index is 292. The van der Waals surface area contributed by atoms with Gasteiger partial charge in [-0.05, 0) is 12.0 Å². The van der Waals surface area contributed by atoms with Gasteiger partial charge in [-0.2, -0.15) is 0 Å². The van der Waals surface area contributed by atoms with Crippen LogP contribution < -0.4 is 0 Å². The van der Waals surface area contributed by atoms with Gasteiger partial charge in [0.05, 0.1) is 0 Å². The Hall–Kier alpha value is -1.15. The van der Waals surface area contributed by atoms with Gasteiger partial charge >= 0.3 is 0 Å². The number of benzene rings is 1. The lowest BCUT2D eigenvalue weighted by atomic mass is 10.2. The monoisotopic (exact) mass is 174 g/mol. The van der Waals surface area contributed by atoms with Gasteiger partial charge in [0.25, 0.3) is 0 Å². The maximum Gasteiger partial charge on any atom is 0.0364 e. The second-order valence-corrected chi connectivity index (χ2v) is 3.55. The van der Waals surface area contributed by atoms with E-state index < -0.39 is 0 Å². The largest absolute Gasteiger partial charge is 0.308 e. The van der Waals surface area contributed by atoms with Crippen LogP contribution in [0.5, 0.6) is 0 Å². The second-order valence-electron chi connectivity index (χ2n) is 3.55. The molecule has 1 aromatic rings. The van der Waals surface area contributed by atoms with Gasteiger partial charge in [-0.3, -0.25) is 4.90 Å². The van der Waals surface area contributed by atoms with Crippen LogP contribution in [0.3, 0.4) is 0 Å². The summed E-state index contributed by atoms with van der Waals surface area (Å²) >= 11 is 0. The molecule has 2 rings (SSSR count). The van der Waals surface area contributed by atoms with Crippen molar-refractivity contribution in [2.24, 2.45) is 0 Å². The molecule has 0 radical (unpaired) electrons. The zero-order valence-electron chi connectivity index (χ0n) is 7.66. The van der Waals surface area contributed by atoms with Crippen molar-refractivity contribution in [1.82, 2.24) is 4.90 Å². The van der Waals surface area contributed by atoms with Crippen molar-refractivity contribution in [3.8, 4) is 0 Å². The van der Waals surface area contributed by atoms with Crippen LogP contribution in [0, 0.1) is 5.41 Å². The Morgan fingerprint density at radius 2 is 2.00 bits per heavy atom. The minimum atomic E-state index is 0.856. The molecule has 1 aliphatic heterocycles. The minimum absolute atomic E-state index is 0.856. The number of likely N-dealkylation sites (tertiary alicyclic amines) is 1. The average Bonchev–Trinajstić information content (AvgIpc) is 2.53. The highest BCUT2D eigenvalue weighted by molar-refractivity contribution is 5.85. The first-order chi connectivity index (χ1) is 6.34. The molecule has 2 heteroatoms. The first-order valence-electron chi connectivity index (χ1n) is 4.67. The first-order valence-corrected chi connectivity index (χ1v) is 4.67. The molecule has 1 heterocycles. The minimum Gasteiger partial charge on any atom is -0.308 e. The van der Waals surface area contributed by atoms with Gasteiger partial charge < -0.3 is 5.41 Å². The quantitative estimate of drug-likeness (QED) is 0.728. The van der Waals surface area contributed by atoms with E-state index >= 15 is 0 Å². The van der Waals surface area contributed by atoms with E-state index in [0.717, 1.165) is 31.8 Å². The highest BCUT2D eigenvalue weighted by Crippen LogP contribution is 2.09. The molecule has 0 spiro atoms. The first kappa shape index (κ1) is 8.45. The molecule has 0 aliphatic carbocycles. The number of hydrogen-bond donors (Lipinski definition) is 1. The molecule has 1 aromatic carbocycles. The van der Waals surface area contributed by atoms with Crippen LogP contribution in [-0.4, -0.2) is 23.7 Å². The smallest absolute Gasteiger partial charge is 0.0364 e. The van der Waals surface area contributed by atoms with Gasteiger partial charge in [-0.25, -0.2) is 0 Å². The lowest BCUT2D eigenvalue weighted by Gasteiger charge is -2.13. The Kier molecular flexibility index (Phi) is 2.41. The van der Waals surface area contributed by atoms with Crippen LogP contribution in [-0.2, 0) is 6.54 Å². The zero-order valence-corrected chi connectivity index (χ0v) is 7.66. The Balaban J connectivity index is 1.96. The summed E-state index contributed by atoms with van der Waals surface area (Å²) in [4.78, 5) is 2.32. The highest BCUT2D eigenvalue weighted by atomic mass is 15.1. The van der Waals surface area contributed by atoms with Gasteiger partial charge in [-0.15, -0.1) is 0 Å². The third kappa shape index (κ3) is 2.16. The summed E-state index contributed by atoms with van der Waals surface area (Å²) in [5, 5.41) is 7.50. The van der Waals surface area contributed by atoms with Crippen LogP contribution in [0.4, 0.5) is 0 Å². The topological polar surface area (TPSA) is 27.1 Å². The molecule has 1 saturated heterocycles. The van der Waals surface area contributed by atoms with Crippen molar-refractivity contribution in [3.63, 3.8) is 0 Å². The third-order valence-corrected chi connectivity index (χ3v) is 2.39. The van der Waals surface area contributed by atoms with E-state index in [2.05, 4.69) is 29.2 Å². The fourth-order valence-electron chi connectivity index (χ4n) is 1.70. The molecule has 0 amide bonds. The fraction of sp³-hybridized carbons (Fsp3) is 0.364. The summed E-state index contributed by atoms with van der Waals surface area (Å²) in [6.07, 6.45) is 0.951. The Labute approximate surface area is 78.7 Å². The summed E-state index contributed by atoms with van der Waals surface area (Å²) in [6, 6.07) is 10.5. The predicted octanol–water partition coefficient (Wildman–Crippen LogP) is 1.91. The summed E-state index contributed by atoms with van der Waals surface area (Å²) in [7, 11) is 0. The van der Waals surface area contributed by atoms with Gasteiger partial charge in [0.1, 0.15) is 0 Å². The van der Waals surface area contributed by atoms with Crippen molar-refractivity contribution in [1.29, 1.82) is 5.41 Å². The molecule has 1 N–H and O–H groups in total. The second kappa shape index (κ2) is 3.71. The zero-order chi connectivity index (χ0) is 9.10. The van der Waals surface area contributed by atoms with Crippen LogP contribution in [0.1, 0.15) is 12.0 Å². The fourth-order valence-corrected chi connectivity index (χ4v) is 1.70. The molecule has 2 nitrogen and oxygen atoms in total. The lowest BCUT2D eigenvalue weighted by Crippen LogP contribution is -2.19. The van der Waals surface area contributed by atoms with Crippen LogP contribution in [0.25, 0.3) is 0 Å². The van der Waals surface area contributed by atoms with Crippen LogP contribution in [0.2, 0.25) is 0 Å². The lowest BCUT2D eigenvalue weighted by molar-refractivity contribution is 0.341. The van der Waals surface area contributed by atoms with E-state index in [9.17, 15) is 0 Å². The number of rotatable bonds is 2.